The molecule has 1 saturated heterocycles. The lowest BCUT2D eigenvalue weighted by Crippen LogP contribution is -2.44. The fourth-order valence-corrected chi connectivity index (χ4v) is 2.69. The number of hydrogen-bond acceptors (Lipinski definition) is 4. The van der Waals surface area contributed by atoms with Gasteiger partial charge in [0.15, 0.2) is 11.7 Å². The summed E-state index contributed by atoms with van der Waals surface area (Å²) >= 11 is 0. The third-order valence-electron chi connectivity index (χ3n) is 3.53. The molecule has 4 nitrogen and oxygen atoms in total. The van der Waals surface area contributed by atoms with E-state index in [-0.39, 0.29) is 5.79 Å². The Labute approximate surface area is 95.2 Å². The molecule has 4 heteroatoms. The van der Waals surface area contributed by atoms with Gasteiger partial charge in [-0.05, 0) is 18.1 Å². The first-order valence-corrected chi connectivity index (χ1v) is 5.80. The van der Waals surface area contributed by atoms with Gasteiger partial charge >= 0.3 is 0 Å². The van der Waals surface area contributed by atoms with Crippen LogP contribution in [0.1, 0.15) is 19.3 Å². The molecule has 0 radical (unpaired) electrons. The SMILES string of the molecule is COC1=CC=C2CC3(CCC2N1)OCCO3. The van der Waals surface area contributed by atoms with Crippen LogP contribution < -0.4 is 5.32 Å². The van der Waals surface area contributed by atoms with E-state index in [2.05, 4.69) is 11.4 Å². The Morgan fingerprint density at radius 3 is 2.94 bits per heavy atom. The fraction of sp³-hybridized carbons (Fsp3) is 0.667. The van der Waals surface area contributed by atoms with Crippen LogP contribution >= 0.6 is 0 Å². The molecular formula is C12H17NO3. The summed E-state index contributed by atoms with van der Waals surface area (Å²) in [7, 11) is 1.69. The van der Waals surface area contributed by atoms with Crippen molar-refractivity contribution in [2.24, 2.45) is 0 Å². The van der Waals surface area contributed by atoms with Crippen molar-refractivity contribution in [1.82, 2.24) is 5.32 Å². The second-order valence-electron chi connectivity index (χ2n) is 4.50. The molecule has 1 unspecified atom stereocenters. The summed E-state index contributed by atoms with van der Waals surface area (Å²) in [5.74, 6) is 0.514. The highest BCUT2D eigenvalue weighted by Crippen LogP contribution is 2.39. The third kappa shape index (κ3) is 1.62. The van der Waals surface area contributed by atoms with E-state index in [1.54, 1.807) is 7.11 Å². The molecule has 0 amide bonds. The van der Waals surface area contributed by atoms with E-state index in [0.717, 1.165) is 38.4 Å². The quantitative estimate of drug-likeness (QED) is 0.727. The molecule has 2 heterocycles. The zero-order valence-corrected chi connectivity index (χ0v) is 9.49. The highest BCUT2D eigenvalue weighted by molar-refractivity contribution is 5.28. The Morgan fingerprint density at radius 1 is 1.38 bits per heavy atom. The number of dihydropyridines is 1. The highest BCUT2D eigenvalue weighted by Gasteiger charge is 2.43. The molecule has 1 N–H and O–H groups in total. The monoisotopic (exact) mass is 223 g/mol. The number of fused-ring (bicyclic) bond motifs is 1. The Hall–Kier alpha value is -1.00. The van der Waals surface area contributed by atoms with Crippen LogP contribution in [0.5, 0.6) is 0 Å². The minimum absolute atomic E-state index is 0.331. The Balaban J connectivity index is 1.78. The average molecular weight is 223 g/mol. The number of hydrogen-bond donors (Lipinski definition) is 1. The lowest BCUT2D eigenvalue weighted by molar-refractivity contribution is -0.169. The molecule has 16 heavy (non-hydrogen) atoms. The van der Waals surface area contributed by atoms with Gasteiger partial charge in [0.05, 0.1) is 26.4 Å². The van der Waals surface area contributed by atoms with Gasteiger partial charge in [0.25, 0.3) is 0 Å². The Morgan fingerprint density at radius 2 is 2.19 bits per heavy atom. The average Bonchev–Trinajstić information content (AvgIpc) is 2.77. The highest BCUT2D eigenvalue weighted by atomic mass is 16.7. The van der Waals surface area contributed by atoms with E-state index >= 15 is 0 Å². The van der Waals surface area contributed by atoms with Crippen molar-refractivity contribution in [2.45, 2.75) is 31.1 Å². The topological polar surface area (TPSA) is 39.7 Å². The van der Waals surface area contributed by atoms with Gasteiger partial charge in [-0.25, -0.2) is 0 Å². The molecule has 0 aromatic rings. The van der Waals surface area contributed by atoms with Crippen LogP contribution in [0.2, 0.25) is 0 Å². The van der Waals surface area contributed by atoms with E-state index in [1.165, 1.54) is 5.57 Å². The number of rotatable bonds is 1. The normalized spacial score (nSPS) is 31.4. The summed E-state index contributed by atoms with van der Waals surface area (Å²) in [6.45, 7) is 1.45. The first-order chi connectivity index (χ1) is 7.81. The van der Waals surface area contributed by atoms with Crippen molar-refractivity contribution >= 4 is 0 Å². The number of nitrogens with one attached hydrogen (secondary N) is 1. The molecule has 2 fully saturated rings. The number of allylic oxidation sites excluding steroid dienone is 2. The Bertz CT molecular complexity index is 342. The van der Waals surface area contributed by atoms with Gasteiger partial charge < -0.3 is 19.5 Å². The maximum absolute atomic E-state index is 5.74. The molecule has 0 aromatic carbocycles. The van der Waals surface area contributed by atoms with Gasteiger partial charge in [-0.1, -0.05) is 6.08 Å². The van der Waals surface area contributed by atoms with Crippen LogP contribution in [0.25, 0.3) is 0 Å². The van der Waals surface area contributed by atoms with Gasteiger partial charge in [-0.2, -0.15) is 0 Å². The maximum Gasteiger partial charge on any atom is 0.186 e. The van der Waals surface area contributed by atoms with Crippen molar-refractivity contribution in [1.29, 1.82) is 0 Å². The minimum atomic E-state index is -0.331. The van der Waals surface area contributed by atoms with E-state index in [1.807, 2.05) is 6.08 Å². The molecule has 88 valence electrons. The summed E-state index contributed by atoms with van der Waals surface area (Å²) in [6, 6.07) is 0.387. The van der Waals surface area contributed by atoms with Gasteiger partial charge in [0.2, 0.25) is 0 Å². The molecule has 3 rings (SSSR count). The fourth-order valence-electron chi connectivity index (χ4n) is 2.69. The van der Waals surface area contributed by atoms with Crippen molar-refractivity contribution in [3.63, 3.8) is 0 Å². The Kier molecular flexibility index (Phi) is 2.41. The van der Waals surface area contributed by atoms with Crippen molar-refractivity contribution in [2.75, 3.05) is 20.3 Å². The second kappa shape index (κ2) is 3.79. The number of methoxy groups -OCH3 is 1. The van der Waals surface area contributed by atoms with Crippen molar-refractivity contribution in [3.05, 3.63) is 23.6 Å². The molecular weight excluding hydrogens is 206 g/mol. The maximum atomic E-state index is 5.74. The van der Waals surface area contributed by atoms with Crippen LogP contribution in [0.3, 0.4) is 0 Å². The molecule has 3 aliphatic rings. The van der Waals surface area contributed by atoms with E-state index < -0.39 is 0 Å². The van der Waals surface area contributed by atoms with Gasteiger partial charge in [-0.15, -0.1) is 0 Å². The molecule has 2 aliphatic heterocycles. The second-order valence-corrected chi connectivity index (χ2v) is 4.50. The molecule has 1 aliphatic carbocycles. The van der Waals surface area contributed by atoms with Crippen molar-refractivity contribution in [3.8, 4) is 0 Å². The summed E-state index contributed by atoms with van der Waals surface area (Å²) < 4.78 is 16.7. The lowest BCUT2D eigenvalue weighted by Gasteiger charge is -2.39. The van der Waals surface area contributed by atoms with Crippen LogP contribution in [-0.4, -0.2) is 32.2 Å². The predicted octanol–water partition coefficient (Wildman–Crippen LogP) is 1.30. The zero-order chi connectivity index (χ0) is 11.0. The van der Waals surface area contributed by atoms with Gasteiger partial charge in [0, 0.05) is 12.8 Å². The number of ether oxygens (including phenoxy) is 3. The zero-order valence-electron chi connectivity index (χ0n) is 9.49. The first-order valence-electron chi connectivity index (χ1n) is 5.80. The summed E-state index contributed by atoms with van der Waals surface area (Å²) in [5.41, 5.74) is 1.36. The molecule has 1 atom stereocenters. The largest absolute Gasteiger partial charge is 0.483 e. The van der Waals surface area contributed by atoms with Crippen LogP contribution in [0.15, 0.2) is 23.6 Å². The van der Waals surface area contributed by atoms with Gasteiger partial charge in [0.1, 0.15) is 0 Å². The van der Waals surface area contributed by atoms with Crippen LogP contribution in [0.4, 0.5) is 0 Å². The van der Waals surface area contributed by atoms with Gasteiger partial charge in [-0.3, -0.25) is 0 Å². The van der Waals surface area contributed by atoms with Crippen LogP contribution in [0, 0.1) is 0 Å². The molecule has 1 saturated carbocycles. The van der Waals surface area contributed by atoms with Crippen LogP contribution in [-0.2, 0) is 14.2 Å². The summed E-state index contributed by atoms with van der Waals surface area (Å²) in [6.07, 6.45) is 6.97. The minimum Gasteiger partial charge on any atom is -0.483 e. The third-order valence-corrected chi connectivity index (χ3v) is 3.53. The van der Waals surface area contributed by atoms with Crippen molar-refractivity contribution < 1.29 is 14.2 Å². The molecule has 0 aromatic heterocycles. The smallest absolute Gasteiger partial charge is 0.186 e. The summed E-state index contributed by atoms with van der Waals surface area (Å²) in [4.78, 5) is 0. The van der Waals surface area contributed by atoms with E-state index in [4.69, 9.17) is 14.2 Å². The standard InChI is InChI=1S/C12H17NO3/c1-14-11-3-2-9-8-12(15-6-7-16-12)5-4-10(9)13-11/h2-3,10,13H,4-8H2,1H3. The molecule has 0 bridgehead atoms. The first kappa shape index (κ1) is 10.2. The van der Waals surface area contributed by atoms with E-state index in [9.17, 15) is 0 Å². The lowest BCUT2D eigenvalue weighted by atomic mass is 9.84. The van der Waals surface area contributed by atoms with E-state index in [0.29, 0.717) is 6.04 Å². The molecule has 1 spiro atoms. The predicted molar refractivity (Wildman–Crippen MR) is 58.6 cm³/mol. The summed E-state index contributed by atoms with van der Waals surface area (Å²) in [5, 5.41) is 3.37.